The highest BCUT2D eigenvalue weighted by Gasteiger charge is 2.26. The Hall–Kier alpha value is -3.19. The lowest BCUT2D eigenvalue weighted by Crippen LogP contribution is -2.13. The molecule has 144 valence electrons. The Labute approximate surface area is 162 Å². The van der Waals surface area contributed by atoms with E-state index in [1.165, 1.54) is 12.6 Å². The first kappa shape index (κ1) is 18.2. The van der Waals surface area contributed by atoms with Gasteiger partial charge in [0, 0.05) is 12.8 Å². The molecule has 10 heteroatoms. The third-order valence-corrected chi connectivity index (χ3v) is 5.88. The van der Waals surface area contributed by atoms with E-state index in [2.05, 4.69) is 20.3 Å². The fourth-order valence-electron chi connectivity index (χ4n) is 3.20. The van der Waals surface area contributed by atoms with E-state index in [4.69, 9.17) is 5.73 Å². The number of aromatic nitrogens is 4. The van der Waals surface area contributed by atoms with Crippen LogP contribution in [-0.4, -0.2) is 34.2 Å². The monoisotopic (exact) mass is 397 g/mol. The van der Waals surface area contributed by atoms with Gasteiger partial charge in [0.25, 0.3) is 0 Å². The molecule has 2 heterocycles. The van der Waals surface area contributed by atoms with Gasteiger partial charge in [-0.05, 0) is 30.9 Å². The average Bonchev–Trinajstić information content (AvgIpc) is 3.40. The summed E-state index contributed by atoms with van der Waals surface area (Å²) in [5.74, 6) is 1.63. The lowest BCUT2D eigenvalue weighted by molar-refractivity contribution is 0.596. The van der Waals surface area contributed by atoms with Crippen molar-refractivity contribution in [1.82, 2.24) is 19.5 Å². The van der Waals surface area contributed by atoms with Gasteiger partial charge in [-0.2, -0.15) is 5.26 Å². The number of para-hydroxylation sites is 1. The summed E-state index contributed by atoms with van der Waals surface area (Å²) in [6.07, 6.45) is 4.73. The molecule has 3 aromatic rings. The van der Waals surface area contributed by atoms with Gasteiger partial charge in [0.05, 0.1) is 22.5 Å². The van der Waals surface area contributed by atoms with Crippen molar-refractivity contribution in [2.75, 3.05) is 17.3 Å². The Bertz CT molecular complexity index is 1210. The third-order valence-electron chi connectivity index (χ3n) is 4.75. The van der Waals surface area contributed by atoms with Gasteiger partial charge in [0.1, 0.15) is 35.4 Å². The lowest BCUT2D eigenvalue weighted by atomic mass is 10.3. The molecule has 2 aromatic heterocycles. The van der Waals surface area contributed by atoms with Gasteiger partial charge in [-0.3, -0.25) is 0 Å². The fourth-order valence-corrected chi connectivity index (χ4v) is 4.09. The van der Waals surface area contributed by atoms with Gasteiger partial charge < -0.3 is 15.6 Å². The lowest BCUT2D eigenvalue weighted by Gasteiger charge is -2.12. The number of hydrogen-bond donors (Lipinski definition) is 2. The van der Waals surface area contributed by atoms with E-state index in [1.807, 2.05) is 10.6 Å². The number of nitrogens with two attached hydrogens (primary N) is 1. The summed E-state index contributed by atoms with van der Waals surface area (Å²) < 4.78 is 26.5. The molecule has 1 saturated carbocycles. The van der Waals surface area contributed by atoms with Crippen molar-refractivity contribution in [3.63, 3.8) is 0 Å². The van der Waals surface area contributed by atoms with Crippen molar-refractivity contribution in [2.24, 2.45) is 5.92 Å². The quantitative estimate of drug-likeness (QED) is 0.640. The molecule has 0 spiro atoms. The number of benzene rings is 1. The van der Waals surface area contributed by atoms with Crippen LogP contribution < -0.4 is 11.1 Å². The van der Waals surface area contributed by atoms with E-state index in [1.54, 1.807) is 18.2 Å². The van der Waals surface area contributed by atoms with E-state index in [0.717, 1.165) is 12.8 Å². The molecule has 0 amide bonds. The first-order valence-corrected chi connectivity index (χ1v) is 10.7. The average molecular weight is 397 g/mol. The predicted octanol–water partition coefficient (Wildman–Crippen LogP) is 1.71. The van der Waals surface area contributed by atoms with E-state index >= 15 is 0 Å². The van der Waals surface area contributed by atoms with E-state index in [9.17, 15) is 13.7 Å². The second kappa shape index (κ2) is 6.76. The highest BCUT2D eigenvalue weighted by atomic mass is 32.2. The van der Waals surface area contributed by atoms with Crippen molar-refractivity contribution in [2.45, 2.75) is 30.8 Å². The van der Waals surface area contributed by atoms with Crippen molar-refractivity contribution in [1.29, 1.82) is 5.26 Å². The summed E-state index contributed by atoms with van der Waals surface area (Å²) in [5, 5.41) is 12.4. The van der Waals surface area contributed by atoms with Crippen LogP contribution in [0.1, 0.15) is 24.2 Å². The van der Waals surface area contributed by atoms with Crippen LogP contribution in [0.25, 0.3) is 11.0 Å². The molecular formula is C18H19N7O2S. The SMILES string of the molecule is CS(=O)(=O)c1cccc2nc(CNc3ncnc(N)c3C#N)n(CC3CC3)c12. The summed E-state index contributed by atoms with van der Waals surface area (Å²) in [7, 11) is -3.40. The van der Waals surface area contributed by atoms with Gasteiger partial charge in [-0.15, -0.1) is 0 Å². The minimum atomic E-state index is -3.40. The van der Waals surface area contributed by atoms with Crippen LogP contribution in [0.4, 0.5) is 11.6 Å². The summed E-state index contributed by atoms with van der Waals surface area (Å²) in [5.41, 5.74) is 7.15. The zero-order valence-electron chi connectivity index (χ0n) is 15.3. The van der Waals surface area contributed by atoms with Gasteiger partial charge in [0.15, 0.2) is 9.84 Å². The minimum absolute atomic E-state index is 0.103. The number of nitrogen functional groups attached to an aromatic ring is 1. The normalized spacial score (nSPS) is 14.1. The standard InChI is InChI=1S/C18H19N7O2S/c1-28(26,27)14-4-2-3-13-16(14)25(9-11-5-6-11)15(24-13)8-21-18-12(7-19)17(20)22-10-23-18/h2-4,10-11H,5-6,8-9H2,1H3,(H3,20,21,22,23). The molecule has 0 saturated heterocycles. The Balaban J connectivity index is 1.77. The highest BCUT2D eigenvalue weighted by molar-refractivity contribution is 7.91. The number of imidazole rings is 1. The topological polar surface area (TPSA) is 140 Å². The molecule has 1 fully saturated rings. The molecule has 3 N–H and O–H groups in total. The maximum absolute atomic E-state index is 12.3. The van der Waals surface area contributed by atoms with Gasteiger partial charge in [0.2, 0.25) is 0 Å². The number of sulfone groups is 1. The summed E-state index contributed by atoms with van der Waals surface area (Å²) >= 11 is 0. The summed E-state index contributed by atoms with van der Waals surface area (Å²) in [6.45, 7) is 0.979. The number of rotatable bonds is 6. The number of nitrogens with one attached hydrogen (secondary N) is 1. The van der Waals surface area contributed by atoms with Crippen LogP contribution in [0.15, 0.2) is 29.4 Å². The first-order valence-electron chi connectivity index (χ1n) is 8.81. The molecular weight excluding hydrogens is 378 g/mol. The summed E-state index contributed by atoms with van der Waals surface area (Å²) in [6, 6.07) is 7.11. The summed E-state index contributed by atoms with van der Waals surface area (Å²) in [4.78, 5) is 12.8. The molecule has 0 radical (unpaired) electrons. The molecule has 1 aliphatic carbocycles. The largest absolute Gasteiger partial charge is 0.382 e. The zero-order chi connectivity index (χ0) is 19.9. The molecule has 9 nitrogen and oxygen atoms in total. The van der Waals surface area contributed by atoms with Crippen LogP contribution in [-0.2, 0) is 22.9 Å². The number of hydrogen-bond acceptors (Lipinski definition) is 8. The Morgan fingerprint density at radius 3 is 2.82 bits per heavy atom. The van der Waals surface area contributed by atoms with Crippen molar-refractivity contribution in [3.05, 3.63) is 35.9 Å². The van der Waals surface area contributed by atoms with Gasteiger partial charge in [-0.25, -0.2) is 23.4 Å². The van der Waals surface area contributed by atoms with Crippen LogP contribution in [0.5, 0.6) is 0 Å². The third kappa shape index (κ3) is 3.36. The molecule has 28 heavy (non-hydrogen) atoms. The fraction of sp³-hybridized carbons (Fsp3) is 0.333. The molecule has 4 rings (SSSR count). The number of nitriles is 1. The van der Waals surface area contributed by atoms with Crippen LogP contribution in [0, 0.1) is 17.2 Å². The molecule has 0 bridgehead atoms. The number of nitrogens with zero attached hydrogens (tertiary/aromatic N) is 5. The molecule has 0 atom stereocenters. The van der Waals surface area contributed by atoms with Gasteiger partial charge in [-0.1, -0.05) is 6.07 Å². The predicted molar refractivity (Wildman–Crippen MR) is 104 cm³/mol. The second-order valence-corrected chi connectivity index (χ2v) is 8.91. The van der Waals surface area contributed by atoms with Crippen molar-refractivity contribution >= 4 is 32.5 Å². The zero-order valence-corrected chi connectivity index (χ0v) is 16.1. The van der Waals surface area contributed by atoms with Crippen molar-refractivity contribution < 1.29 is 8.42 Å². The Morgan fingerprint density at radius 1 is 1.36 bits per heavy atom. The first-order chi connectivity index (χ1) is 13.4. The number of fused-ring (bicyclic) bond motifs is 1. The Morgan fingerprint density at radius 2 is 2.14 bits per heavy atom. The molecule has 1 aliphatic rings. The molecule has 0 unspecified atom stereocenters. The molecule has 0 aliphatic heterocycles. The second-order valence-electron chi connectivity index (χ2n) is 6.93. The van der Waals surface area contributed by atoms with Crippen LogP contribution >= 0.6 is 0 Å². The van der Waals surface area contributed by atoms with Gasteiger partial charge >= 0.3 is 0 Å². The van der Waals surface area contributed by atoms with E-state index < -0.39 is 9.84 Å². The highest BCUT2D eigenvalue weighted by Crippen LogP contribution is 2.34. The maximum atomic E-state index is 12.3. The van der Waals surface area contributed by atoms with E-state index in [-0.39, 0.29) is 22.8 Å². The maximum Gasteiger partial charge on any atom is 0.177 e. The van der Waals surface area contributed by atoms with Crippen LogP contribution in [0.3, 0.4) is 0 Å². The molecule has 1 aromatic carbocycles. The number of anilines is 2. The Kier molecular flexibility index (Phi) is 4.39. The van der Waals surface area contributed by atoms with Crippen LogP contribution in [0.2, 0.25) is 0 Å². The smallest absolute Gasteiger partial charge is 0.177 e. The van der Waals surface area contributed by atoms with E-state index in [0.29, 0.717) is 35.1 Å². The van der Waals surface area contributed by atoms with Crippen molar-refractivity contribution in [3.8, 4) is 6.07 Å². The minimum Gasteiger partial charge on any atom is -0.382 e.